The highest BCUT2D eigenvalue weighted by atomic mass is 16.7. The molecule has 1 aliphatic carbocycles. The van der Waals surface area contributed by atoms with E-state index in [9.17, 15) is 4.79 Å². The van der Waals surface area contributed by atoms with Crippen LogP contribution in [-0.2, 0) is 22.3 Å². The van der Waals surface area contributed by atoms with Crippen LogP contribution in [0.5, 0.6) is 0 Å². The smallest absolute Gasteiger partial charge is 0.339 e. The zero-order chi connectivity index (χ0) is 13.8. The van der Waals surface area contributed by atoms with Gasteiger partial charge < -0.3 is 13.9 Å². The van der Waals surface area contributed by atoms with Crippen LogP contribution in [0.1, 0.15) is 36.3 Å². The monoisotopic (exact) mass is 264 g/mol. The molecular formula is C15H20O4. The molecule has 0 radical (unpaired) electrons. The molecule has 1 fully saturated rings. The van der Waals surface area contributed by atoms with E-state index in [1.165, 1.54) is 5.56 Å². The normalized spacial score (nSPS) is 23.6. The maximum absolute atomic E-state index is 11.7. The minimum Gasteiger partial charge on any atom is -0.428 e. The Balaban J connectivity index is 1.95. The highest BCUT2D eigenvalue weighted by Gasteiger charge is 2.45. The topological polar surface area (TPSA) is 48.7 Å². The fraction of sp³-hybridized carbons (Fsp3) is 0.667. The first-order valence-electron chi connectivity index (χ1n) is 6.72. The molecule has 1 aromatic heterocycles. The molecule has 0 bridgehead atoms. The van der Waals surface area contributed by atoms with Gasteiger partial charge in [0, 0.05) is 11.0 Å². The first-order valence-corrected chi connectivity index (χ1v) is 6.72. The Kier molecular flexibility index (Phi) is 2.67. The van der Waals surface area contributed by atoms with Gasteiger partial charge in [-0.15, -0.1) is 0 Å². The second-order valence-electron chi connectivity index (χ2n) is 6.36. The van der Waals surface area contributed by atoms with E-state index in [0.717, 1.165) is 29.7 Å². The fourth-order valence-corrected chi connectivity index (χ4v) is 3.06. The summed E-state index contributed by atoms with van der Waals surface area (Å²) >= 11 is 0. The van der Waals surface area contributed by atoms with Gasteiger partial charge in [0.1, 0.15) is 5.76 Å². The van der Waals surface area contributed by atoms with Gasteiger partial charge in [-0.2, -0.15) is 0 Å². The van der Waals surface area contributed by atoms with Gasteiger partial charge in [0.25, 0.3) is 0 Å². The third-order valence-electron chi connectivity index (χ3n) is 4.35. The summed E-state index contributed by atoms with van der Waals surface area (Å²) in [5.74, 6) is 0.241. The minimum atomic E-state index is -0.502. The van der Waals surface area contributed by atoms with Gasteiger partial charge in [-0.1, -0.05) is 0 Å². The van der Waals surface area contributed by atoms with E-state index < -0.39 is 5.79 Å². The molecule has 4 heteroatoms. The molecule has 1 saturated heterocycles. The van der Waals surface area contributed by atoms with E-state index in [4.69, 9.17) is 13.9 Å². The van der Waals surface area contributed by atoms with Gasteiger partial charge in [0.15, 0.2) is 5.79 Å². The van der Waals surface area contributed by atoms with Crippen LogP contribution in [0.25, 0.3) is 0 Å². The van der Waals surface area contributed by atoms with E-state index in [0.29, 0.717) is 13.2 Å². The maximum Gasteiger partial charge on any atom is 0.339 e. The fourth-order valence-electron chi connectivity index (χ4n) is 3.06. The lowest BCUT2D eigenvalue weighted by atomic mass is 9.85. The van der Waals surface area contributed by atoms with Crippen molar-refractivity contribution >= 4 is 0 Å². The van der Waals surface area contributed by atoms with Crippen LogP contribution in [0, 0.1) is 19.3 Å². The number of hydrogen-bond donors (Lipinski definition) is 0. The second-order valence-corrected chi connectivity index (χ2v) is 6.36. The number of ether oxygens (including phenoxy) is 2. The summed E-state index contributed by atoms with van der Waals surface area (Å²) in [6, 6.07) is 0. The summed E-state index contributed by atoms with van der Waals surface area (Å²) < 4.78 is 16.9. The zero-order valence-electron chi connectivity index (χ0n) is 12.0. The molecule has 0 saturated carbocycles. The summed E-state index contributed by atoms with van der Waals surface area (Å²) in [6.07, 6.45) is 1.71. The van der Waals surface area contributed by atoms with E-state index in [1.807, 2.05) is 27.7 Å². The Morgan fingerprint density at radius 2 is 1.58 bits per heavy atom. The van der Waals surface area contributed by atoms with Crippen LogP contribution in [-0.4, -0.2) is 19.0 Å². The predicted octanol–water partition coefficient (Wildman–Crippen LogP) is 2.12. The van der Waals surface area contributed by atoms with Gasteiger partial charge in [0.2, 0.25) is 0 Å². The molecule has 2 aliphatic rings. The van der Waals surface area contributed by atoms with E-state index in [-0.39, 0.29) is 11.0 Å². The largest absolute Gasteiger partial charge is 0.428 e. The summed E-state index contributed by atoms with van der Waals surface area (Å²) in [5.41, 5.74) is 2.80. The SMILES string of the molecule is Cc1oc(=O)c(C)c2c1CC1(COC(C)(C)OC1)C2. The second kappa shape index (κ2) is 3.93. The standard InChI is InChI=1S/C15H20O4/c1-9-11-5-15(7-17-14(3,4)18-8-15)6-12(11)10(2)19-13(9)16/h5-8H2,1-4H3. The van der Waals surface area contributed by atoms with Gasteiger partial charge in [0.05, 0.1) is 13.2 Å². The molecule has 3 rings (SSSR count). The van der Waals surface area contributed by atoms with E-state index in [1.54, 1.807) is 0 Å². The minimum absolute atomic E-state index is 0.0311. The molecule has 104 valence electrons. The lowest BCUT2D eigenvalue weighted by molar-refractivity contribution is -0.283. The van der Waals surface area contributed by atoms with Crippen LogP contribution in [0.3, 0.4) is 0 Å². The Bertz CT molecular complexity index is 573. The third-order valence-corrected chi connectivity index (χ3v) is 4.35. The van der Waals surface area contributed by atoms with Gasteiger partial charge >= 0.3 is 5.63 Å². The molecule has 1 aliphatic heterocycles. The lowest BCUT2D eigenvalue weighted by Gasteiger charge is -2.41. The Labute approximate surface area is 112 Å². The predicted molar refractivity (Wildman–Crippen MR) is 70.3 cm³/mol. The number of aryl methyl sites for hydroxylation is 1. The molecule has 2 heterocycles. The Morgan fingerprint density at radius 3 is 2.21 bits per heavy atom. The Hall–Kier alpha value is -1.13. The van der Waals surface area contributed by atoms with Crippen molar-refractivity contribution in [2.45, 2.75) is 46.3 Å². The van der Waals surface area contributed by atoms with Crippen LogP contribution < -0.4 is 5.63 Å². The van der Waals surface area contributed by atoms with Crippen LogP contribution in [0.2, 0.25) is 0 Å². The molecule has 0 amide bonds. The number of hydrogen-bond acceptors (Lipinski definition) is 4. The molecule has 0 atom stereocenters. The molecular weight excluding hydrogens is 244 g/mol. The summed E-state index contributed by atoms with van der Waals surface area (Å²) in [5, 5.41) is 0. The van der Waals surface area contributed by atoms with Gasteiger partial charge in [-0.05, 0) is 51.7 Å². The van der Waals surface area contributed by atoms with Crippen molar-refractivity contribution in [3.63, 3.8) is 0 Å². The van der Waals surface area contributed by atoms with Crippen LogP contribution in [0.15, 0.2) is 9.21 Å². The molecule has 4 nitrogen and oxygen atoms in total. The summed E-state index contributed by atoms with van der Waals surface area (Å²) in [7, 11) is 0. The van der Waals surface area contributed by atoms with Gasteiger partial charge in [-0.3, -0.25) is 0 Å². The third kappa shape index (κ3) is 2.03. The first kappa shape index (κ1) is 12.9. The van der Waals surface area contributed by atoms with Crippen molar-refractivity contribution in [3.8, 4) is 0 Å². The van der Waals surface area contributed by atoms with Crippen molar-refractivity contribution in [2.75, 3.05) is 13.2 Å². The number of fused-ring (bicyclic) bond motifs is 1. The van der Waals surface area contributed by atoms with E-state index >= 15 is 0 Å². The quantitative estimate of drug-likeness (QED) is 0.720. The van der Waals surface area contributed by atoms with Crippen LogP contribution >= 0.6 is 0 Å². The molecule has 0 aromatic carbocycles. The average molecular weight is 264 g/mol. The van der Waals surface area contributed by atoms with Crippen molar-refractivity contribution < 1.29 is 13.9 Å². The Morgan fingerprint density at radius 1 is 1.00 bits per heavy atom. The van der Waals surface area contributed by atoms with Crippen molar-refractivity contribution in [3.05, 3.63) is 32.9 Å². The summed E-state index contributed by atoms with van der Waals surface area (Å²) in [6.45, 7) is 8.92. The van der Waals surface area contributed by atoms with Crippen molar-refractivity contribution in [1.82, 2.24) is 0 Å². The highest BCUT2D eigenvalue weighted by Crippen LogP contribution is 2.43. The maximum atomic E-state index is 11.7. The molecule has 0 N–H and O–H groups in total. The molecule has 1 spiro atoms. The van der Waals surface area contributed by atoms with E-state index in [2.05, 4.69) is 0 Å². The zero-order valence-corrected chi connectivity index (χ0v) is 12.0. The van der Waals surface area contributed by atoms with Crippen molar-refractivity contribution in [1.29, 1.82) is 0 Å². The van der Waals surface area contributed by atoms with Gasteiger partial charge in [-0.25, -0.2) is 4.79 Å². The summed E-state index contributed by atoms with van der Waals surface area (Å²) in [4.78, 5) is 11.7. The highest BCUT2D eigenvalue weighted by molar-refractivity contribution is 5.40. The average Bonchev–Trinajstić information content (AvgIpc) is 2.72. The first-order chi connectivity index (χ1) is 8.82. The van der Waals surface area contributed by atoms with Crippen molar-refractivity contribution in [2.24, 2.45) is 5.41 Å². The molecule has 0 unspecified atom stereocenters. The molecule has 19 heavy (non-hydrogen) atoms. The number of rotatable bonds is 0. The lowest BCUT2D eigenvalue weighted by Crippen LogP contribution is -2.47. The molecule has 1 aromatic rings. The van der Waals surface area contributed by atoms with Crippen LogP contribution in [0.4, 0.5) is 0 Å².